The van der Waals surface area contributed by atoms with Crippen LogP contribution in [0.2, 0.25) is 0 Å². The molecule has 0 bridgehead atoms. The minimum absolute atomic E-state index is 0. The van der Waals surface area contributed by atoms with Gasteiger partial charge >= 0.3 is 0 Å². The van der Waals surface area contributed by atoms with Crippen LogP contribution in [0.5, 0.6) is 0 Å². The van der Waals surface area contributed by atoms with Crippen molar-refractivity contribution in [3.8, 4) is 0 Å². The molecule has 0 aliphatic heterocycles. The standard InChI is InChI=1S/C18H27N5.HI/c1-14(2)13-23-11-10-20-17(23)12-21-18(19-4)22-15(3)16-8-6-5-7-9-16;/h5-11,14-15H,12-13H2,1-4H3,(H2,19,21,22);1H. The van der Waals surface area contributed by atoms with Crippen LogP contribution in [0.15, 0.2) is 47.7 Å². The highest BCUT2D eigenvalue weighted by atomic mass is 127. The summed E-state index contributed by atoms with van der Waals surface area (Å²) < 4.78 is 2.19. The number of imidazole rings is 1. The summed E-state index contributed by atoms with van der Waals surface area (Å²) in [6, 6.07) is 10.5. The minimum atomic E-state index is 0. The number of aromatic nitrogens is 2. The summed E-state index contributed by atoms with van der Waals surface area (Å²) in [5.74, 6) is 2.40. The van der Waals surface area contributed by atoms with Gasteiger partial charge in [0.25, 0.3) is 0 Å². The number of halogens is 1. The lowest BCUT2D eigenvalue weighted by Crippen LogP contribution is -2.38. The Balaban J connectivity index is 0.00000288. The van der Waals surface area contributed by atoms with Crippen LogP contribution in [-0.4, -0.2) is 22.6 Å². The van der Waals surface area contributed by atoms with Crippen molar-refractivity contribution in [1.82, 2.24) is 20.2 Å². The number of nitrogens with one attached hydrogen (secondary N) is 2. The zero-order valence-electron chi connectivity index (χ0n) is 14.9. The SMILES string of the molecule is CN=C(NCc1nccn1CC(C)C)NC(C)c1ccccc1.I. The van der Waals surface area contributed by atoms with E-state index in [1.54, 1.807) is 7.05 Å². The van der Waals surface area contributed by atoms with E-state index in [4.69, 9.17) is 0 Å². The third kappa shape index (κ3) is 6.14. The third-order valence-corrected chi connectivity index (χ3v) is 3.65. The van der Waals surface area contributed by atoms with E-state index >= 15 is 0 Å². The summed E-state index contributed by atoms with van der Waals surface area (Å²) in [6.45, 7) is 8.17. The zero-order valence-corrected chi connectivity index (χ0v) is 17.2. The molecule has 1 unspecified atom stereocenters. The van der Waals surface area contributed by atoms with Gasteiger partial charge in [0.05, 0.1) is 12.6 Å². The Bertz CT molecular complexity index is 621. The predicted molar refractivity (Wildman–Crippen MR) is 111 cm³/mol. The molecule has 24 heavy (non-hydrogen) atoms. The molecule has 0 saturated heterocycles. The fourth-order valence-electron chi connectivity index (χ4n) is 2.45. The summed E-state index contributed by atoms with van der Waals surface area (Å²) in [7, 11) is 1.79. The number of rotatable bonds is 6. The molecule has 1 aromatic heterocycles. The number of benzene rings is 1. The van der Waals surface area contributed by atoms with Crippen molar-refractivity contribution in [3.63, 3.8) is 0 Å². The lowest BCUT2D eigenvalue weighted by Gasteiger charge is -2.18. The molecule has 132 valence electrons. The average Bonchev–Trinajstić information content (AvgIpc) is 2.98. The van der Waals surface area contributed by atoms with Gasteiger partial charge < -0.3 is 15.2 Å². The monoisotopic (exact) mass is 441 g/mol. The van der Waals surface area contributed by atoms with Crippen LogP contribution in [0.3, 0.4) is 0 Å². The molecule has 2 rings (SSSR count). The van der Waals surface area contributed by atoms with E-state index in [0.29, 0.717) is 12.5 Å². The van der Waals surface area contributed by atoms with Crippen LogP contribution >= 0.6 is 24.0 Å². The van der Waals surface area contributed by atoms with E-state index in [-0.39, 0.29) is 30.0 Å². The first kappa shape index (κ1) is 20.5. The fourth-order valence-corrected chi connectivity index (χ4v) is 2.45. The summed E-state index contributed by atoms with van der Waals surface area (Å²) in [6.07, 6.45) is 3.88. The molecule has 2 aromatic rings. The summed E-state index contributed by atoms with van der Waals surface area (Å²) in [5.41, 5.74) is 1.23. The summed E-state index contributed by atoms with van der Waals surface area (Å²) >= 11 is 0. The Morgan fingerprint density at radius 2 is 1.92 bits per heavy atom. The molecule has 1 atom stereocenters. The Morgan fingerprint density at radius 1 is 1.21 bits per heavy atom. The van der Waals surface area contributed by atoms with Gasteiger partial charge in [0.2, 0.25) is 0 Å². The van der Waals surface area contributed by atoms with Gasteiger partial charge in [0.1, 0.15) is 5.82 Å². The molecule has 0 spiro atoms. The van der Waals surface area contributed by atoms with Gasteiger partial charge in [-0.15, -0.1) is 24.0 Å². The molecule has 6 heteroatoms. The Morgan fingerprint density at radius 3 is 2.54 bits per heavy atom. The lowest BCUT2D eigenvalue weighted by atomic mass is 10.1. The average molecular weight is 441 g/mol. The zero-order chi connectivity index (χ0) is 16.7. The molecular weight excluding hydrogens is 413 g/mol. The summed E-state index contributed by atoms with van der Waals surface area (Å²) in [4.78, 5) is 8.73. The minimum Gasteiger partial charge on any atom is -0.350 e. The van der Waals surface area contributed by atoms with E-state index in [9.17, 15) is 0 Å². The number of guanidine groups is 1. The van der Waals surface area contributed by atoms with Crippen molar-refractivity contribution < 1.29 is 0 Å². The number of nitrogens with zero attached hydrogens (tertiary/aromatic N) is 3. The Kier molecular flexibility index (Phi) is 8.81. The smallest absolute Gasteiger partial charge is 0.191 e. The van der Waals surface area contributed by atoms with Crippen molar-refractivity contribution in [2.75, 3.05) is 7.05 Å². The maximum Gasteiger partial charge on any atom is 0.191 e. The van der Waals surface area contributed by atoms with Crippen LogP contribution in [0.1, 0.15) is 38.2 Å². The van der Waals surface area contributed by atoms with Crippen molar-refractivity contribution in [1.29, 1.82) is 0 Å². The van der Waals surface area contributed by atoms with Crippen molar-refractivity contribution >= 4 is 29.9 Å². The van der Waals surface area contributed by atoms with Gasteiger partial charge in [-0.3, -0.25) is 4.99 Å². The number of aliphatic imine (C=N–C) groups is 1. The Hall–Kier alpha value is -1.57. The maximum atomic E-state index is 4.43. The van der Waals surface area contributed by atoms with E-state index in [1.165, 1.54) is 5.56 Å². The first-order valence-corrected chi connectivity index (χ1v) is 8.12. The molecule has 0 radical (unpaired) electrons. The highest BCUT2D eigenvalue weighted by Gasteiger charge is 2.09. The second-order valence-corrected chi connectivity index (χ2v) is 6.09. The summed E-state index contributed by atoms with van der Waals surface area (Å²) in [5, 5.41) is 6.75. The molecule has 1 heterocycles. The first-order chi connectivity index (χ1) is 11.1. The molecule has 0 aliphatic rings. The lowest BCUT2D eigenvalue weighted by molar-refractivity contribution is 0.503. The second-order valence-electron chi connectivity index (χ2n) is 6.09. The molecule has 5 nitrogen and oxygen atoms in total. The van der Waals surface area contributed by atoms with Gasteiger partial charge in [-0.25, -0.2) is 4.98 Å². The molecule has 0 saturated carbocycles. The fraction of sp³-hybridized carbons (Fsp3) is 0.444. The van der Waals surface area contributed by atoms with Crippen LogP contribution in [0, 0.1) is 5.92 Å². The van der Waals surface area contributed by atoms with Crippen molar-refractivity contribution in [2.24, 2.45) is 10.9 Å². The van der Waals surface area contributed by atoms with E-state index in [1.807, 2.05) is 30.6 Å². The van der Waals surface area contributed by atoms with Gasteiger partial charge in [-0.1, -0.05) is 44.2 Å². The van der Waals surface area contributed by atoms with E-state index < -0.39 is 0 Å². The van der Waals surface area contributed by atoms with Crippen LogP contribution in [0.25, 0.3) is 0 Å². The molecule has 0 amide bonds. The normalized spacial score (nSPS) is 12.6. The molecule has 2 N–H and O–H groups in total. The maximum absolute atomic E-state index is 4.43. The molecule has 0 fully saturated rings. The molecule has 0 aliphatic carbocycles. The quantitative estimate of drug-likeness (QED) is 0.410. The van der Waals surface area contributed by atoms with Crippen molar-refractivity contribution in [2.45, 2.75) is 39.9 Å². The highest BCUT2D eigenvalue weighted by molar-refractivity contribution is 14.0. The van der Waals surface area contributed by atoms with Gasteiger partial charge in [0.15, 0.2) is 5.96 Å². The van der Waals surface area contributed by atoms with Crippen molar-refractivity contribution in [3.05, 3.63) is 54.1 Å². The topological polar surface area (TPSA) is 54.2 Å². The van der Waals surface area contributed by atoms with Gasteiger partial charge in [-0.2, -0.15) is 0 Å². The van der Waals surface area contributed by atoms with E-state index in [2.05, 4.69) is 58.1 Å². The van der Waals surface area contributed by atoms with Crippen LogP contribution < -0.4 is 10.6 Å². The Labute approximate surface area is 162 Å². The predicted octanol–water partition coefficient (Wildman–Crippen LogP) is 3.58. The first-order valence-electron chi connectivity index (χ1n) is 8.12. The third-order valence-electron chi connectivity index (χ3n) is 3.65. The molecule has 1 aromatic carbocycles. The highest BCUT2D eigenvalue weighted by Crippen LogP contribution is 2.10. The van der Waals surface area contributed by atoms with Crippen LogP contribution in [0.4, 0.5) is 0 Å². The largest absolute Gasteiger partial charge is 0.350 e. The van der Waals surface area contributed by atoms with Gasteiger partial charge in [-0.05, 0) is 18.4 Å². The second kappa shape index (κ2) is 10.3. The van der Waals surface area contributed by atoms with Gasteiger partial charge in [0, 0.05) is 26.0 Å². The number of hydrogen-bond acceptors (Lipinski definition) is 2. The molecular formula is C18H28IN5. The van der Waals surface area contributed by atoms with E-state index in [0.717, 1.165) is 18.3 Å². The number of hydrogen-bond donors (Lipinski definition) is 2. The van der Waals surface area contributed by atoms with Crippen LogP contribution in [-0.2, 0) is 13.1 Å².